The SMILES string of the molecule is CC(=O)N[C@H](C(C)=O)C(O)[C@H](O[C@H](C)N1CCC(=O)NC1=O)C(C)O. The molecule has 0 radical (unpaired) electrons. The van der Waals surface area contributed by atoms with E-state index in [2.05, 4.69) is 10.6 Å². The molecule has 10 heteroatoms. The lowest BCUT2D eigenvalue weighted by Crippen LogP contribution is -2.58. The lowest BCUT2D eigenvalue weighted by Gasteiger charge is -2.37. The Morgan fingerprint density at radius 2 is 1.84 bits per heavy atom. The summed E-state index contributed by atoms with van der Waals surface area (Å²) < 4.78 is 5.58. The standard InChI is InChI=1S/C15H25N3O7/c1-7(19)12(16-9(3)21)13(23)14(8(2)20)25-10(4)18-6-5-11(22)17-15(18)24/h8,10,12-14,20,23H,5-6H2,1-4H3,(H,16,21)(H,17,22,24)/t8?,10-,12-,13?,14-/m1/s1. The van der Waals surface area contributed by atoms with Gasteiger partial charge in [0.1, 0.15) is 24.5 Å². The molecule has 1 aliphatic heterocycles. The van der Waals surface area contributed by atoms with E-state index in [4.69, 9.17) is 4.74 Å². The molecule has 2 unspecified atom stereocenters. The largest absolute Gasteiger partial charge is 0.391 e. The molecule has 1 fully saturated rings. The smallest absolute Gasteiger partial charge is 0.326 e. The number of hydrogen-bond donors (Lipinski definition) is 4. The van der Waals surface area contributed by atoms with E-state index >= 15 is 0 Å². The van der Waals surface area contributed by atoms with Gasteiger partial charge in [0, 0.05) is 19.9 Å². The number of imide groups is 1. The molecule has 0 aromatic rings. The highest BCUT2D eigenvalue weighted by atomic mass is 16.5. The van der Waals surface area contributed by atoms with E-state index in [1.54, 1.807) is 0 Å². The van der Waals surface area contributed by atoms with Crippen LogP contribution in [0.25, 0.3) is 0 Å². The maximum atomic E-state index is 11.8. The summed E-state index contributed by atoms with van der Waals surface area (Å²) in [6.07, 6.45) is -4.75. The highest BCUT2D eigenvalue weighted by Crippen LogP contribution is 2.16. The van der Waals surface area contributed by atoms with Crippen molar-refractivity contribution in [3.63, 3.8) is 0 Å². The van der Waals surface area contributed by atoms with Crippen molar-refractivity contribution in [1.29, 1.82) is 0 Å². The molecule has 0 spiro atoms. The molecule has 0 bridgehead atoms. The molecule has 0 saturated carbocycles. The zero-order valence-electron chi connectivity index (χ0n) is 14.7. The highest BCUT2D eigenvalue weighted by molar-refractivity contribution is 5.96. The molecule has 0 aliphatic carbocycles. The third-order valence-electron chi connectivity index (χ3n) is 3.83. The van der Waals surface area contributed by atoms with Gasteiger partial charge in [-0.3, -0.25) is 24.6 Å². The number of ketones is 1. The summed E-state index contributed by atoms with van der Waals surface area (Å²) in [5, 5.41) is 24.8. The minimum atomic E-state index is -1.53. The summed E-state index contributed by atoms with van der Waals surface area (Å²) in [6.45, 7) is 5.37. The second-order valence-corrected chi connectivity index (χ2v) is 6.02. The van der Waals surface area contributed by atoms with Crippen LogP contribution in [0.4, 0.5) is 4.79 Å². The quantitative estimate of drug-likeness (QED) is 0.412. The van der Waals surface area contributed by atoms with Crippen molar-refractivity contribution in [2.45, 2.75) is 64.7 Å². The predicted molar refractivity (Wildman–Crippen MR) is 85.2 cm³/mol. The first kappa shape index (κ1) is 21.0. The Bertz CT molecular complexity index is 537. The Kier molecular flexibility index (Phi) is 7.46. The second-order valence-electron chi connectivity index (χ2n) is 6.02. The number of amides is 4. The molecule has 10 nitrogen and oxygen atoms in total. The fourth-order valence-electron chi connectivity index (χ4n) is 2.54. The molecule has 4 N–H and O–H groups in total. The van der Waals surface area contributed by atoms with E-state index in [0.29, 0.717) is 0 Å². The van der Waals surface area contributed by atoms with Crippen LogP contribution in [0.2, 0.25) is 0 Å². The summed E-state index contributed by atoms with van der Waals surface area (Å²) in [5.74, 6) is -1.43. The Balaban J connectivity index is 2.87. The van der Waals surface area contributed by atoms with Gasteiger partial charge in [-0.05, 0) is 20.8 Å². The number of urea groups is 1. The van der Waals surface area contributed by atoms with Crippen LogP contribution < -0.4 is 10.6 Å². The van der Waals surface area contributed by atoms with Crippen LogP contribution in [0.3, 0.4) is 0 Å². The predicted octanol–water partition coefficient (Wildman–Crippen LogP) is -1.51. The van der Waals surface area contributed by atoms with Gasteiger partial charge < -0.3 is 20.3 Å². The monoisotopic (exact) mass is 359 g/mol. The van der Waals surface area contributed by atoms with Crippen molar-refractivity contribution in [1.82, 2.24) is 15.5 Å². The second kappa shape index (κ2) is 8.88. The van der Waals surface area contributed by atoms with Crippen LogP contribution in [-0.4, -0.2) is 75.9 Å². The number of ether oxygens (including phenoxy) is 1. The number of nitrogens with zero attached hydrogens (tertiary/aromatic N) is 1. The molecule has 5 atom stereocenters. The van der Waals surface area contributed by atoms with E-state index in [-0.39, 0.29) is 13.0 Å². The van der Waals surface area contributed by atoms with Crippen LogP contribution in [-0.2, 0) is 19.1 Å². The van der Waals surface area contributed by atoms with Crippen molar-refractivity contribution in [3.8, 4) is 0 Å². The zero-order chi connectivity index (χ0) is 19.3. The molecule has 1 heterocycles. The fraction of sp³-hybridized carbons (Fsp3) is 0.733. The van der Waals surface area contributed by atoms with Crippen LogP contribution in [0, 0.1) is 0 Å². The summed E-state index contributed by atoms with van der Waals surface area (Å²) in [6, 6.07) is -1.91. The van der Waals surface area contributed by atoms with Crippen molar-refractivity contribution in [3.05, 3.63) is 0 Å². The molecule has 142 valence electrons. The Labute approximate surface area is 145 Å². The van der Waals surface area contributed by atoms with Gasteiger partial charge in [-0.25, -0.2) is 4.79 Å². The van der Waals surface area contributed by atoms with Gasteiger partial charge in [0.15, 0.2) is 5.78 Å². The number of Topliss-reactive ketones (excluding diaryl/α,β-unsaturated/α-hetero) is 1. The summed E-state index contributed by atoms with van der Waals surface area (Å²) >= 11 is 0. The number of aliphatic hydroxyl groups excluding tert-OH is 2. The molecule has 1 saturated heterocycles. The third-order valence-corrected chi connectivity index (χ3v) is 3.83. The van der Waals surface area contributed by atoms with E-state index < -0.39 is 54.2 Å². The molecule has 4 amide bonds. The number of rotatable bonds is 8. The van der Waals surface area contributed by atoms with Gasteiger partial charge in [-0.2, -0.15) is 0 Å². The van der Waals surface area contributed by atoms with Crippen molar-refractivity contribution < 1.29 is 34.1 Å². The number of carbonyl (C=O) groups excluding carboxylic acids is 4. The number of carbonyl (C=O) groups is 4. The highest BCUT2D eigenvalue weighted by Gasteiger charge is 2.38. The van der Waals surface area contributed by atoms with Gasteiger partial charge in [-0.15, -0.1) is 0 Å². The molecule has 0 aromatic carbocycles. The maximum absolute atomic E-state index is 11.8. The first-order valence-corrected chi connectivity index (χ1v) is 7.94. The van der Waals surface area contributed by atoms with Gasteiger partial charge in [0.25, 0.3) is 0 Å². The van der Waals surface area contributed by atoms with Gasteiger partial charge in [-0.1, -0.05) is 0 Å². The fourth-order valence-corrected chi connectivity index (χ4v) is 2.54. The van der Waals surface area contributed by atoms with Crippen LogP contribution in [0.5, 0.6) is 0 Å². The molecule has 25 heavy (non-hydrogen) atoms. The molecule has 1 rings (SSSR count). The molecular weight excluding hydrogens is 334 g/mol. The summed E-state index contributed by atoms with van der Waals surface area (Å²) in [7, 11) is 0. The molecular formula is C15H25N3O7. The Morgan fingerprint density at radius 1 is 1.24 bits per heavy atom. The van der Waals surface area contributed by atoms with Gasteiger partial charge >= 0.3 is 6.03 Å². The number of nitrogens with one attached hydrogen (secondary N) is 2. The summed E-state index contributed by atoms with van der Waals surface area (Å²) in [5.41, 5.74) is 0. The average Bonchev–Trinajstić information content (AvgIpc) is 2.48. The topological polar surface area (TPSA) is 145 Å². The van der Waals surface area contributed by atoms with E-state index in [1.165, 1.54) is 32.6 Å². The van der Waals surface area contributed by atoms with Gasteiger partial charge in [0.2, 0.25) is 11.8 Å². The molecule has 0 aromatic heterocycles. The van der Waals surface area contributed by atoms with Crippen molar-refractivity contribution in [2.24, 2.45) is 0 Å². The van der Waals surface area contributed by atoms with Crippen LogP contribution in [0.15, 0.2) is 0 Å². The van der Waals surface area contributed by atoms with Crippen molar-refractivity contribution in [2.75, 3.05) is 6.54 Å². The van der Waals surface area contributed by atoms with E-state index in [1.807, 2.05) is 0 Å². The maximum Gasteiger partial charge on any atom is 0.326 e. The average molecular weight is 359 g/mol. The first-order valence-electron chi connectivity index (χ1n) is 7.94. The summed E-state index contributed by atoms with van der Waals surface area (Å²) in [4.78, 5) is 47.2. The Morgan fingerprint density at radius 3 is 2.28 bits per heavy atom. The van der Waals surface area contributed by atoms with E-state index in [0.717, 1.165) is 0 Å². The minimum absolute atomic E-state index is 0.100. The number of aliphatic hydroxyl groups is 2. The normalized spacial score (nSPS) is 21.0. The van der Waals surface area contributed by atoms with Crippen LogP contribution >= 0.6 is 0 Å². The minimum Gasteiger partial charge on any atom is -0.391 e. The number of hydrogen-bond acceptors (Lipinski definition) is 7. The van der Waals surface area contributed by atoms with E-state index in [9.17, 15) is 29.4 Å². The first-order chi connectivity index (χ1) is 11.5. The lowest BCUT2D eigenvalue weighted by molar-refractivity contribution is -0.164. The zero-order valence-corrected chi connectivity index (χ0v) is 14.7. The van der Waals surface area contributed by atoms with Crippen LogP contribution in [0.1, 0.15) is 34.1 Å². The molecule has 1 aliphatic rings. The third kappa shape index (κ3) is 5.76. The van der Waals surface area contributed by atoms with Gasteiger partial charge in [0.05, 0.1) is 6.10 Å². The van der Waals surface area contributed by atoms with Crippen molar-refractivity contribution >= 4 is 23.6 Å². The Hall–Kier alpha value is -2.04. The lowest BCUT2D eigenvalue weighted by atomic mass is 9.98.